The summed E-state index contributed by atoms with van der Waals surface area (Å²) in [5, 5.41) is 22.7. The van der Waals surface area contributed by atoms with Gasteiger partial charge in [0.25, 0.3) is 0 Å². The van der Waals surface area contributed by atoms with E-state index in [0.29, 0.717) is 17.8 Å². The number of nitrogens with zero attached hydrogens (tertiary/aromatic N) is 4. The van der Waals surface area contributed by atoms with Crippen LogP contribution in [0.5, 0.6) is 0 Å². The number of aliphatic hydroxyl groups is 1. The molecule has 0 amide bonds. The molecular weight excluding hydrogens is 352 g/mol. The lowest BCUT2D eigenvalue weighted by Gasteiger charge is -2.10. The van der Waals surface area contributed by atoms with Crippen LogP contribution in [0.1, 0.15) is 28.6 Å². The number of hydrogen-bond donors (Lipinski definition) is 1. The molecule has 26 heavy (non-hydrogen) atoms. The molecular formula is C18H20N4O3S. The highest BCUT2D eigenvalue weighted by Gasteiger charge is 2.14. The molecule has 3 rings (SSSR count). The van der Waals surface area contributed by atoms with Gasteiger partial charge in [0.15, 0.2) is 15.7 Å². The van der Waals surface area contributed by atoms with Crippen LogP contribution in [-0.2, 0) is 22.8 Å². The molecule has 0 spiro atoms. The van der Waals surface area contributed by atoms with Crippen LogP contribution in [-0.4, -0.2) is 40.0 Å². The van der Waals surface area contributed by atoms with E-state index >= 15 is 0 Å². The molecule has 0 saturated heterocycles. The van der Waals surface area contributed by atoms with Crippen molar-refractivity contribution in [2.24, 2.45) is 0 Å². The molecule has 3 aromatic rings. The van der Waals surface area contributed by atoms with Crippen LogP contribution in [0, 0.1) is 6.92 Å². The number of benzene rings is 2. The molecule has 136 valence electrons. The first-order chi connectivity index (χ1) is 12.3. The van der Waals surface area contributed by atoms with Crippen molar-refractivity contribution >= 4 is 9.84 Å². The lowest BCUT2D eigenvalue weighted by atomic mass is 10.1. The number of rotatable bonds is 6. The summed E-state index contributed by atoms with van der Waals surface area (Å²) in [7, 11) is -3.26. The second-order valence-electron chi connectivity index (χ2n) is 6.22. The molecule has 0 bridgehead atoms. The van der Waals surface area contributed by atoms with E-state index in [1.165, 1.54) is 16.9 Å². The van der Waals surface area contributed by atoms with Gasteiger partial charge in [-0.15, -0.1) is 10.2 Å². The Hall–Kier alpha value is -2.58. The highest BCUT2D eigenvalue weighted by molar-refractivity contribution is 7.90. The van der Waals surface area contributed by atoms with E-state index < -0.39 is 15.9 Å². The number of aliphatic hydroxyl groups excluding tert-OH is 1. The summed E-state index contributed by atoms with van der Waals surface area (Å²) < 4.78 is 23.0. The molecule has 7 nitrogen and oxygen atoms in total. The Morgan fingerprint density at radius 1 is 1.12 bits per heavy atom. The molecule has 0 aliphatic rings. The van der Waals surface area contributed by atoms with Crippen LogP contribution in [0.25, 0.3) is 0 Å². The molecule has 0 fully saturated rings. The zero-order chi connectivity index (χ0) is 18.7. The van der Waals surface area contributed by atoms with E-state index in [4.69, 9.17) is 0 Å². The molecule has 1 heterocycles. The first-order valence-corrected chi connectivity index (χ1v) is 10.0. The van der Waals surface area contributed by atoms with Crippen molar-refractivity contribution < 1.29 is 13.5 Å². The highest BCUT2D eigenvalue weighted by atomic mass is 32.2. The van der Waals surface area contributed by atoms with Crippen molar-refractivity contribution in [1.29, 1.82) is 0 Å². The lowest BCUT2D eigenvalue weighted by molar-refractivity contribution is 0.144. The Morgan fingerprint density at radius 3 is 2.46 bits per heavy atom. The van der Waals surface area contributed by atoms with Gasteiger partial charge in [-0.3, -0.25) is 0 Å². The monoisotopic (exact) mass is 372 g/mol. The van der Waals surface area contributed by atoms with Crippen molar-refractivity contribution in [2.75, 3.05) is 6.26 Å². The average molecular weight is 372 g/mol. The van der Waals surface area contributed by atoms with Gasteiger partial charge in [0, 0.05) is 12.7 Å². The molecule has 1 unspecified atom stereocenters. The number of sulfone groups is 1. The normalized spacial score (nSPS) is 12.9. The highest BCUT2D eigenvalue weighted by Crippen LogP contribution is 2.18. The summed E-state index contributed by atoms with van der Waals surface area (Å²) in [6.45, 7) is 2.17. The fourth-order valence-corrected chi connectivity index (χ4v) is 3.23. The van der Waals surface area contributed by atoms with Crippen molar-refractivity contribution in [1.82, 2.24) is 20.2 Å². The van der Waals surface area contributed by atoms with Crippen LogP contribution in [0.4, 0.5) is 0 Å². The van der Waals surface area contributed by atoms with E-state index in [2.05, 4.69) is 15.4 Å². The molecule has 8 heteroatoms. The predicted octanol–water partition coefficient (Wildman–Crippen LogP) is 1.71. The van der Waals surface area contributed by atoms with Crippen LogP contribution in [0.15, 0.2) is 53.4 Å². The van der Waals surface area contributed by atoms with Gasteiger partial charge < -0.3 is 5.11 Å². The number of tetrazole rings is 1. The van der Waals surface area contributed by atoms with Crippen LogP contribution in [0.2, 0.25) is 0 Å². The average Bonchev–Trinajstić information content (AvgIpc) is 3.03. The van der Waals surface area contributed by atoms with Gasteiger partial charge in [-0.05, 0) is 41.0 Å². The van der Waals surface area contributed by atoms with E-state index in [1.54, 1.807) is 12.1 Å². The molecule has 1 aromatic heterocycles. The summed E-state index contributed by atoms with van der Waals surface area (Å²) in [4.78, 5) is 1.57. The molecule has 0 saturated carbocycles. The van der Waals surface area contributed by atoms with Gasteiger partial charge in [0.1, 0.15) is 6.10 Å². The summed E-state index contributed by atoms with van der Waals surface area (Å²) in [5.74, 6) is 0.582. The molecule has 2 aromatic carbocycles. The zero-order valence-corrected chi connectivity index (χ0v) is 15.4. The minimum absolute atomic E-state index is 0.138. The van der Waals surface area contributed by atoms with Gasteiger partial charge in [-0.1, -0.05) is 36.4 Å². The lowest BCUT2D eigenvalue weighted by Crippen LogP contribution is -2.12. The van der Waals surface area contributed by atoms with Gasteiger partial charge >= 0.3 is 0 Å². The maximum atomic E-state index is 11.5. The number of aromatic nitrogens is 4. The Morgan fingerprint density at radius 2 is 1.81 bits per heavy atom. The zero-order valence-electron chi connectivity index (χ0n) is 14.6. The first-order valence-electron chi connectivity index (χ1n) is 8.12. The van der Waals surface area contributed by atoms with Gasteiger partial charge in [0.2, 0.25) is 0 Å². The third kappa shape index (κ3) is 4.33. The van der Waals surface area contributed by atoms with Gasteiger partial charge in [0.05, 0.1) is 11.4 Å². The summed E-state index contributed by atoms with van der Waals surface area (Å²) in [5.41, 5.74) is 2.88. The third-order valence-corrected chi connectivity index (χ3v) is 5.26. The maximum absolute atomic E-state index is 11.5. The van der Waals surface area contributed by atoms with Crippen molar-refractivity contribution in [3.63, 3.8) is 0 Å². The Labute approximate surface area is 152 Å². The smallest absolute Gasteiger partial charge is 0.179 e. The second kappa shape index (κ2) is 7.35. The first kappa shape index (κ1) is 18.2. The van der Waals surface area contributed by atoms with Crippen LogP contribution < -0.4 is 0 Å². The summed E-state index contributed by atoms with van der Waals surface area (Å²) >= 11 is 0. The Balaban J connectivity index is 1.68. The van der Waals surface area contributed by atoms with Crippen molar-refractivity contribution in [2.45, 2.75) is 30.9 Å². The topological polar surface area (TPSA) is 98.0 Å². The fraction of sp³-hybridized carbons (Fsp3) is 0.278. The van der Waals surface area contributed by atoms with Crippen molar-refractivity contribution in [3.8, 4) is 0 Å². The molecule has 1 atom stereocenters. The number of aryl methyl sites for hydroxylation is 1. The van der Waals surface area contributed by atoms with E-state index in [0.717, 1.165) is 17.4 Å². The summed E-state index contributed by atoms with van der Waals surface area (Å²) in [6, 6.07) is 14.1. The summed E-state index contributed by atoms with van der Waals surface area (Å²) in [6.07, 6.45) is 0.865. The number of hydrogen-bond acceptors (Lipinski definition) is 6. The molecule has 1 N–H and O–H groups in total. The minimum atomic E-state index is -3.26. The Kier molecular flexibility index (Phi) is 5.15. The second-order valence-corrected chi connectivity index (χ2v) is 8.24. The largest absolute Gasteiger partial charge is 0.386 e. The SMILES string of the molecule is Cc1ccccc1Cc1nnn(CC(O)c2ccc(S(C)(=O)=O)cc2)n1. The predicted molar refractivity (Wildman–Crippen MR) is 96.3 cm³/mol. The van der Waals surface area contributed by atoms with E-state index in [1.807, 2.05) is 31.2 Å². The van der Waals surface area contributed by atoms with E-state index in [9.17, 15) is 13.5 Å². The van der Waals surface area contributed by atoms with Crippen LogP contribution in [0.3, 0.4) is 0 Å². The quantitative estimate of drug-likeness (QED) is 0.707. The minimum Gasteiger partial charge on any atom is -0.386 e. The molecule has 0 radical (unpaired) electrons. The third-order valence-electron chi connectivity index (χ3n) is 4.13. The van der Waals surface area contributed by atoms with Crippen LogP contribution >= 0.6 is 0 Å². The fourth-order valence-electron chi connectivity index (χ4n) is 2.60. The molecule has 0 aliphatic heterocycles. The Bertz CT molecular complexity index is 997. The van der Waals surface area contributed by atoms with E-state index in [-0.39, 0.29) is 11.4 Å². The van der Waals surface area contributed by atoms with Gasteiger partial charge in [-0.25, -0.2) is 8.42 Å². The maximum Gasteiger partial charge on any atom is 0.179 e. The standard InChI is InChI=1S/C18H20N4O3S/c1-13-5-3-4-6-15(13)11-18-19-21-22(20-18)12-17(23)14-7-9-16(10-8-14)26(2,24)25/h3-10,17,23H,11-12H2,1-2H3. The van der Waals surface area contributed by atoms with Gasteiger partial charge in [-0.2, -0.15) is 4.80 Å². The molecule has 0 aliphatic carbocycles. The van der Waals surface area contributed by atoms with Crippen molar-refractivity contribution in [3.05, 3.63) is 71.0 Å².